The van der Waals surface area contributed by atoms with Crippen LogP contribution in [-0.2, 0) is 0 Å². The highest BCUT2D eigenvalue weighted by Gasteiger charge is 2.27. The van der Waals surface area contributed by atoms with E-state index in [-0.39, 0.29) is 0 Å². The Morgan fingerprint density at radius 2 is 1.95 bits per heavy atom. The highest BCUT2D eigenvalue weighted by atomic mass is 16.4. The molecule has 0 radical (unpaired) electrons. The van der Waals surface area contributed by atoms with Gasteiger partial charge in [0, 0.05) is 5.56 Å². The van der Waals surface area contributed by atoms with E-state index in [1.807, 2.05) is 0 Å². The molecule has 1 aromatic rings. The first-order valence-corrected chi connectivity index (χ1v) is 8.10. The molecule has 1 fully saturated rings. The second-order valence-electron chi connectivity index (χ2n) is 6.61. The maximum absolute atomic E-state index is 9.22. The van der Waals surface area contributed by atoms with Gasteiger partial charge in [0.25, 0.3) is 0 Å². The Morgan fingerprint density at radius 1 is 1.15 bits per heavy atom. The zero-order chi connectivity index (χ0) is 13.9. The molecule has 1 unspecified atom stereocenters. The van der Waals surface area contributed by atoms with Gasteiger partial charge in [0.15, 0.2) is 0 Å². The van der Waals surface area contributed by atoms with Crippen molar-refractivity contribution in [2.24, 2.45) is 11.1 Å². The van der Waals surface area contributed by atoms with Gasteiger partial charge in [-0.3, -0.25) is 0 Å². The van der Waals surface area contributed by atoms with E-state index >= 15 is 0 Å². The van der Waals surface area contributed by atoms with E-state index < -0.39 is 0 Å². The Kier molecular flexibility index (Phi) is 4.09. The number of rotatable bonds is 2. The molecule has 0 aliphatic heterocycles. The number of oxime groups is 1. The van der Waals surface area contributed by atoms with Crippen molar-refractivity contribution >= 4 is 5.71 Å². The molecule has 2 heteroatoms. The summed E-state index contributed by atoms with van der Waals surface area (Å²) in [4.78, 5) is 0. The largest absolute Gasteiger partial charge is 0.411 e. The molecule has 1 aromatic carbocycles. The maximum atomic E-state index is 9.22. The van der Waals surface area contributed by atoms with Crippen molar-refractivity contribution in [2.45, 2.75) is 64.2 Å². The summed E-state index contributed by atoms with van der Waals surface area (Å²) in [6, 6.07) is 6.66. The fraction of sp³-hybridized carbons (Fsp3) is 0.611. The first-order valence-electron chi connectivity index (χ1n) is 8.10. The summed E-state index contributed by atoms with van der Waals surface area (Å²) >= 11 is 0. The van der Waals surface area contributed by atoms with Crippen LogP contribution in [0.1, 0.15) is 74.0 Å². The fourth-order valence-corrected chi connectivity index (χ4v) is 4.05. The molecule has 20 heavy (non-hydrogen) atoms. The lowest BCUT2D eigenvalue weighted by Gasteiger charge is -2.31. The van der Waals surface area contributed by atoms with Gasteiger partial charge >= 0.3 is 0 Å². The van der Waals surface area contributed by atoms with Crippen LogP contribution in [0.2, 0.25) is 0 Å². The third-order valence-electron chi connectivity index (χ3n) is 5.15. The second-order valence-corrected chi connectivity index (χ2v) is 6.61. The maximum Gasteiger partial charge on any atom is 0.0870 e. The number of nitrogens with zero attached hydrogens (tertiary/aromatic N) is 1. The van der Waals surface area contributed by atoms with E-state index in [1.54, 1.807) is 0 Å². The minimum Gasteiger partial charge on any atom is -0.411 e. The van der Waals surface area contributed by atoms with Crippen LogP contribution in [0.25, 0.3) is 0 Å². The Labute approximate surface area is 121 Å². The number of hydrogen-bond donors (Lipinski definition) is 1. The van der Waals surface area contributed by atoms with E-state index in [0.29, 0.717) is 5.92 Å². The quantitative estimate of drug-likeness (QED) is 0.594. The van der Waals surface area contributed by atoms with Gasteiger partial charge in [0.05, 0.1) is 5.71 Å². The Bertz CT molecular complexity index is 500. The normalized spacial score (nSPS) is 25.6. The monoisotopic (exact) mass is 271 g/mol. The lowest BCUT2D eigenvalue weighted by Crippen LogP contribution is -2.20. The molecule has 2 aliphatic carbocycles. The first kappa shape index (κ1) is 13.7. The van der Waals surface area contributed by atoms with Gasteiger partial charge < -0.3 is 5.21 Å². The zero-order valence-corrected chi connectivity index (χ0v) is 12.4. The number of aryl methyl sites for hydroxylation is 1. The zero-order valence-electron chi connectivity index (χ0n) is 12.4. The summed E-state index contributed by atoms with van der Waals surface area (Å²) in [7, 11) is 0. The summed E-state index contributed by atoms with van der Waals surface area (Å²) < 4.78 is 0. The fourth-order valence-electron chi connectivity index (χ4n) is 4.05. The molecule has 1 saturated carbocycles. The minimum absolute atomic E-state index is 0.666. The molecule has 0 saturated heterocycles. The average molecular weight is 271 g/mol. The van der Waals surface area contributed by atoms with Gasteiger partial charge in [-0.05, 0) is 49.7 Å². The van der Waals surface area contributed by atoms with Crippen molar-refractivity contribution in [3.8, 4) is 0 Å². The number of benzene rings is 1. The summed E-state index contributed by atoms with van der Waals surface area (Å²) in [5.41, 5.74) is 4.74. The van der Waals surface area contributed by atoms with Crippen LogP contribution in [0.4, 0.5) is 0 Å². The van der Waals surface area contributed by atoms with Crippen LogP contribution in [0.3, 0.4) is 0 Å². The van der Waals surface area contributed by atoms with Crippen molar-refractivity contribution in [2.75, 3.05) is 0 Å². The molecule has 0 amide bonds. The van der Waals surface area contributed by atoms with Crippen LogP contribution in [-0.4, -0.2) is 10.9 Å². The van der Waals surface area contributed by atoms with Crippen molar-refractivity contribution in [3.63, 3.8) is 0 Å². The molecular weight excluding hydrogens is 246 g/mol. The van der Waals surface area contributed by atoms with Crippen molar-refractivity contribution in [3.05, 3.63) is 34.9 Å². The van der Waals surface area contributed by atoms with Gasteiger partial charge in [-0.15, -0.1) is 0 Å². The lowest BCUT2D eigenvalue weighted by molar-refractivity contribution is 0.306. The van der Waals surface area contributed by atoms with Gasteiger partial charge in [-0.2, -0.15) is 0 Å². The van der Waals surface area contributed by atoms with E-state index in [0.717, 1.165) is 24.5 Å². The van der Waals surface area contributed by atoms with Crippen LogP contribution in [0.15, 0.2) is 23.4 Å². The standard InChI is InChI=1S/C18H25NO/c1-13-7-9-16-15(12-14-5-3-2-4-6-14)8-10-18(19-20)17(16)11-13/h7,9,11,14-15,20H,2-6,8,10,12H2,1H3/b19-18+. The van der Waals surface area contributed by atoms with Crippen LogP contribution >= 0.6 is 0 Å². The molecule has 0 aromatic heterocycles. The highest BCUT2D eigenvalue weighted by Crippen LogP contribution is 2.40. The molecular formula is C18H25NO. The molecule has 2 nitrogen and oxygen atoms in total. The second kappa shape index (κ2) is 5.99. The smallest absolute Gasteiger partial charge is 0.0870 e. The Hall–Kier alpha value is -1.31. The third kappa shape index (κ3) is 2.74. The van der Waals surface area contributed by atoms with E-state index in [2.05, 4.69) is 30.3 Å². The molecule has 3 rings (SSSR count). The summed E-state index contributed by atoms with van der Waals surface area (Å²) in [5, 5.41) is 12.8. The predicted octanol–water partition coefficient (Wildman–Crippen LogP) is 5.02. The van der Waals surface area contributed by atoms with Gasteiger partial charge in [-0.1, -0.05) is 55.0 Å². The molecule has 1 N–H and O–H groups in total. The number of fused-ring (bicyclic) bond motifs is 1. The van der Waals surface area contributed by atoms with E-state index in [9.17, 15) is 5.21 Å². The molecule has 1 atom stereocenters. The molecule has 0 heterocycles. The molecule has 0 spiro atoms. The summed E-state index contributed by atoms with van der Waals surface area (Å²) in [6.45, 7) is 2.11. The van der Waals surface area contributed by atoms with E-state index in [1.165, 1.54) is 55.2 Å². The summed E-state index contributed by atoms with van der Waals surface area (Å²) in [6.07, 6.45) is 10.5. The highest BCUT2D eigenvalue weighted by molar-refractivity contribution is 6.02. The van der Waals surface area contributed by atoms with Gasteiger partial charge in [0.2, 0.25) is 0 Å². The SMILES string of the molecule is Cc1ccc2c(c1)/C(=N/O)CCC2CC1CCCCC1. The van der Waals surface area contributed by atoms with Gasteiger partial charge in [0.1, 0.15) is 0 Å². The van der Waals surface area contributed by atoms with Crippen LogP contribution < -0.4 is 0 Å². The Morgan fingerprint density at radius 3 is 2.70 bits per heavy atom. The summed E-state index contributed by atoms with van der Waals surface area (Å²) in [5.74, 6) is 1.58. The van der Waals surface area contributed by atoms with Crippen LogP contribution in [0, 0.1) is 12.8 Å². The lowest BCUT2D eigenvalue weighted by atomic mass is 9.74. The van der Waals surface area contributed by atoms with Crippen molar-refractivity contribution in [1.29, 1.82) is 0 Å². The predicted molar refractivity (Wildman–Crippen MR) is 82.7 cm³/mol. The molecule has 2 aliphatic rings. The van der Waals surface area contributed by atoms with Crippen molar-refractivity contribution in [1.82, 2.24) is 0 Å². The third-order valence-corrected chi connectivity index (χ3v) is 5.15. The van der Waals surface area contributed by atoms with Crippen LogP contribution in [0.5, 0.6) is 0 Å². The Balaban J connectivity index is 1.83. The van der Waals surface area contributed by atoms with Gasteiger partial charge in [-0.25, -0.2) is 0 Å². The molecule has 0 bridgehead atoms. The van der Waals surface area contributed by atoms with Crippen molar-refractivity contribution < 1.29 is 5.21 Å². The number of hydrogen-bond acceptors (Lipinski definition) is 2. The average Bonchev–Trinajstić information content (AvgIpc) is 2.48. The van der Waals surface area contributed by atoms with E-state index in [4.69, 9.17) is 0 Å². The molecule has 108 valence electrons. The topological polar surface area (TPSA) is 32.6 Å². The minimum atomic E-state index is 0.666. The first-order chi connectivity index (χ1) is 9.78.